The third-order valence-corrected chi connectivity index (χ3v) is 2.65. The second kappa shape index (κ2) is 5.04. The molecule has 4 nitrogen and oxygen atoms in total. The summed E-state index contributed by atoms with van der Waals surface area (Å²) in [5, 5.41) is 11.9. The highest BCUT2D eigenvalue weighted by Gasteiger charge is 2.43. The molecule has 0 atom stereocenters. The van der Waals surface area contributed by atoms with Crippen molar-refractivity contribution in [3.8, 4) is 11.3 Å². The molecular formula is C12H5F6NO3. The molecule has 0 aliphatic carbocycles. The number of rotatable bonds is 2. The van der Waals surface area contributed by atoms with Gasteiger partial charge in [-0.05, 0) is 12.1 Å². The fourth-order valence-electron chi connectivity index (χ4n) is 1.70. The normalized spacial score (nSPS) is 12.5. The first-order valence-corrected chi connectivity index (χ1v) is 5.49. The Morgan fingerprint density at radius 3 is 1.95 bits per heavy atom. The van der Waals surface area contributed by atoms with E-state index in [1.165, 1.54) is 0 Å². The van der Waals surface area contributed by atoms with Crippen LogP contribution in [0, 0.1) is 0 Å². The summed E-state index contributed by atoms with van der Waals surface area (Å²) in [4.78, 5) is 11.0. The molecule has 1 N–H and O–H groups in total. The van der Waals surface area contributed by atoms with Crippen molar-refractivity contribution in [1.82, 2.24) is 5.16 Å². The summed E-state index contributed by atoms with van der Waals surface area (Å²) in [6.45, 7) is 0. The maximum Gasteiger partial charge on any atom is 0.453 e. The SMILES string of the molecule is O=C(O)c1c(-c2ccc(C(F)(F)F)cc2)noc1C(F)(F)F. The summed E-state index contributed by atoms with van der Waals surface area (Å²) in [5.74, 6) is -3.78. The van der Waals surface area contributed by atoms with Crippen molar-refractivity contribution in [3.05, 3.63) is 41.2 Å². The number of carboxylic acids is 1. The minimum Gasteiger partial charge on any atom is -0.477 e. The predicted octanol–water partition coefficient (Wildman–Crippen LogP) is 4.08. The zero-order chi connectivity index (χ0) is 16.7. The van der Waals surface area contributed by atoms with Crippen molar-refractivity contribution < 1.29 is 40.8 Å². The van der Waals surface area contributed by atoms with Gasteiger partial charge in [0, 0.05) is 5.56 Å². The summed E-state index contributed by atoms with van der Waals surface area (Å²) in [5.41, 5.74) is -3.24. The van der Waals surface area contributed by atoms with Crippen LogP contribution in [0.3, 0.4) is 0 Å². The van der Waals surface area contributed by atoms with Gasteiger partial charge in [-0.1, -0.05) is 17.3 Å². The van der Waals surface area contributed by atoms with Gasteiger partial charge < -0.3 is 9.63 Å². The molecule has 0 saturated heterocycles. The first-order valence-electron chi connectivity index (χ1n) is 5.49. The lowest BCUT2D eigenvalue weighted by Gasteiger charge is -2.07. The molecule has 22 heavy (non-hydrogen) atoms. The van der Waals surface area contributed by atoms with Gasteiger partial charge in [0.2, 0.25) is 0 Å². The Morgan fingerprint density at radius 2 is 1.55 bits per heavy atom. The second-order valence-corrected chi connectivity index (χ2v) is 4.11. The third-order valence-electron chi connectivity index (χ3n) is 2.65. The quantitative estimate of drug-likeness (QED) is 0.845. The monoisotopic (exact) mass is 325 g/mol. The maximum atomic E-state index is 12.6. The average Bonchev–Trinajstić information content (AvgIpc) is 2.82. The van der Waals surface area contributed by atoms with E-state index in [0.717, 1.165) is 12.1 Å². The van der Waals surface area contributed by atoms with Crippen LogP contribution in [-0.4, -0.2) is 16.2 Å². The Balaban J connectivity index is 2.54. The molecule has 2 rings (SSSR count). The Hall–Kier alpha value is -2.52. The number of alkyl halides is 6. The molecule has 0 unspecified atom stereocenters. The lowest BCUT2D eigenvalue weighted by atomic mass is 10.0. The van der Waals surface area contributed by atoms with E-state index in [-0.39, 0.29) is 5.56 Å². The number of nitrogens with zero attached hydrogens (tertiary/aromatic N) is 1. The van der Waals surface area contributed by atoms with Crippen LogP contribution in [0.15, 0.2) is 28.8 Å². The predicted molar refractivity (Wildman–Crippen MR) is 58.9 cm³/mol. The Morgan fingerprint density at radius 1 is 1.00 bits per heavy atom. The van der Waals surface area contributed by atoms with Gasteiger partial charge in [-0.25, -0.2) is 4.79 Å². The number of carboxylic acid groups (broad SMARTS) is 1. The fourth-order valence-corrected chi connectivity index (χ4v) is 1.70. The van der Waals surface area contributed by atoms with E-state index < -0.39 is 40.9 Å². The first kappa shape index (κ1) is 15.9. The highest BCUT2D eigenvalue weighted by molar-refractivity contribution is 5.96. The van der Waals surface area contributed by atoms with Crippen LogP contribution in [0.2, 0.25) is 0 Å². The Bertz CT molecular complexity index is 699. The summed E-state index contributed by atoms with van der Waals surface area (Å²) >= 11 is 0. The van der Waals surface area contributed by atoms with Gasteiger partial charge in [0.25, 0.3) is 5.76 Å². The van der Waals surface area contributed by atoms with E-state index in [1.807, 2.05) is 0 Å². The number of aromatic carboxylic acids is 1. The molecule has 118 valence electrons. The third kappa shape index (κ3) is 2.90. The van der Waals surface area contributed by atoms with Crippen molar-refractivity contribution in [1.29, 1.82) is 0 Å². The molecule has 0 bridgehead atoms. The fraction of sp³-hybridized carbons (Fsp3) is 0.167. The number of benzene rings is 1. The van der Waals surface area contributed by atoms with E-state index in [0.29, 0.717) is 12.1 Å². The highest BCUT2D eigenvalue weighted by Crippen LogP contribution is 2.37. The summed E-state index contributed by atoms with van der Waals surface area (Å²) in [6.07, 6.45) is -9.72. The zero-order valence-electron chi connectivity index (χ0n) is 10.3. The largest absolute Gasteiger partial charge is 0.477 e. The minimum atomic E-state index is -5.09. The molecule has 0 spiro atoms. The highest BCUT2D eigenvalue weighted by atomic mass is 19.4. The summed E-state index contributed by atoms with van der Waals surface area (Å²) in [6, 6.07) is 2.83. The molecular weight excluding hydrogens is 320 g/mol. The average molecular weight is 325 g/mol. The van der Waals surface area contributed by atoms with Crippen LogP contribution in [0.25, 0.3) is 11.3 Å². The minimum absolute atomic E-state index is 0.246. The van der Waals surface area contributed by atoms with Gasteiger partial charge >= 0.3 is 18.3 Å². The van der Waals surface area contributed by atoms with Gasteiger partial charge in [0.05, 0.1) is 5.56 Å². The van der Waals surface area contributed by atoms with Crippen molar-refractivity contribution in [2.45, 2.75) is 12.4 Å². The number of halogens is 6. The summed E-state index contributed by atoms with van der Waals surface area (Å²) < 4.78 is 79.1. The zero-order valence-corrected chi connectivity index (χ0v) is 10.3. The molecule has 0 amide bonds. The Kier molecular flexibility index (Phi) is 3.63. The van der Waals surface area contributed by atoms with Gasteiger partial charge in [-0.2, -0.15) is 26.3 Å². The molecule has 1 heterocycles. The van der Waals surface area contributed by atoms with Gasteiger partial charge in [-0.3, -0.25) is 0 Å². The van der Waals surface area contributed by atoms with Gasteiger partial charge in [0.1, 0.15) is 11.3 Å². The van der Waals surface area contributed by atoms with Crippen LogP contribution >= 0.6 is 0 Å². The van der Waals surface area contributed by atoms with Crippen LogP contribution in [0.5, 0.6) is 0 Å². The molecule has 0 saturated carbocycles. The standard InChI is InChI=1S/C12H5F6NO3/c13-11(14,15)6-3-1-5(2-4-6)8-7(10(20)21)9(22-19-8)12(16,17)18/h1-4H,(H,20,21). The molecule has 2 aromatic rings. The van der Waals surface area contributed by atoms with Gasteiger partial charge in [-0.15, -0.1) is 0 Å². The number of hydrogen-bond donors (Lipinski definition) is 1. The second-order valence-electron chi connectivity index (χ2n) is 4.11. The van der Waals surface area contributed by atoms with E-state index in [1.54, 1.807) is 0 Å². The number of hydrogen-bond acceptors (Lipinski definition) is 3. The van der Waals surface area contributed by atoms with E-state index >= 15 is 0 Å². The summed E-state index contributed by atoms with van der Waals surface area (Å²) in [7, 11) is 0. The Labute approximate surface area is 117 Å². The molecule has 1 aromatic carbocycles. The van der Waals surface area contributed by atoms with E-state index in [9.17, 15) is 31.1 Å². The topological polar surface area (TPSA) is 63.3 Å². The maximum absolute atomic E-state index is 12.6. The molecule has 1 aromatic heterocycles. The molecule has 0 fully saturated rings. The van der Waals surface area contributed by atoms with Crippen LogP contribution in [0.4, 0.5) is 26.3 Å². The van der Waals surface area contributed by atoms with Gasteiger partial charge in [0.15, 0.2) is 0 Å². The van der Waals surface area contributed by atoms with E-state index in [4.69, 9.17) is 5.11 Å². The number of aromatic nitrogens is 1. The molecule has 10 heteroatoms. The molecule has 0 aliphatic rings. The molecule has 0 aliphatic heterocycles. The molecule has 0 radical (unpaired) electrons. The van der Waals surface area contributed by atoms with Crippen molar-refractivity contribution in [2.75, 3.05) is 0 Å². The van der Waals surface area contributed by atoms with Crippen LogP contribution in [-0.2, 0) is 12.4 Å². The first-order chi connectivity index (χ1) is 10.0. The lowest BCUT2D eigenvalue weighted by Crippen LogP contribution is -2.11. The smallest absolute Gasteiger partial charge is 0.453 e. The van der Waals surface area contributed by atoms with Crippen LogP contribution in [0.1, 0.15) is 21.7 Å². The lowest BCUT2D eigenvalue weighted by molar-refractivity contribution is -0.156. The van der Waals surface area contributed by atoms with Crippen molar-refractivity contribution in [3.63, 3.8) is 0 Å². The van der Waals surface area contributed by atoms with Crippen molar-refractivity contribution in [2.24, 2.45) is 0 Å². The number of carbonyl (C=O) groups is 1. The van der Waals surface area contributed by atoms with Crippen LogP contribution < -0.4 is 0 Å². The van der Waals surface area contributed by atoms with Crippen molar-refractivity contribution >= 4 is 5.97 Å². The van der Waals surface area contributed by atoms with E-state index in [2.05, 4.69) is 9.68 Å².